The van der Waals surface area contributed by atoms with Gasteiger partial charge < -0.3 is 14.8 Å². The zero-order valence-corrected chi connectivity index (χ0v) is 11.9. The molecule has 0 radical (unpaired) electrons. The maximum Gasteiger partial charge on any atom is 0.251 e. The first kappa shape index (κ1) is 14.3. The molecular formula is C14H18ClNO3. The summed E-state index contributed by atoms with van der Waals surface area (Å²) in [6.45, 7) is 5.43. The number of halogens is 1. The second kappa shape index (κ2) is 6.37. The van der Waals surface area contributed by atoms with Crippen LogP contribution < -0.4 is 5.32 Å². The van der Waals surface area contributed by atoms with Gasteiger partial charge in [-0.3, -0.25) is 4.79 Å². The average Bonchev–Trinajstić information content (AvgIpc) is 2.80. The number of ether oxygens (including phenoxy) is 2. The van der Waals surface area contributed by atoms with E-state index < -0.39 is 0 Å². The number of nitrogens with one attached hydrogen (secondary N) is 1. The molecule has 1 saturated heterocycles. The molecule has 2 atom stereocenters. The molecule has 0 aliphatic carbocycles. The Morgan fingerprint density at radius 1 is 1.53 bits per heavy atom. The van der Waals surface area contributed by atoms with Crippen molar-refractivity contribution < 1.29 is 14.3 Å². The summed E-state index contributed by atoms with van der Waals surface area (Å²) in [5, 5.41) is 3.60. The topological polar surface area (TPSA) is 47.6 Å². The predicted molar refractivity (Wildman–Crippen MR) is 73.7 cm³/mol. The van der Waals surface area contributed by atoms with Crippen LogP contribution in [0.2, 0.25) is 5.02 Å². The molecule has 1 heterocycles. The highest BCUT2D eigenvalue weighted by Crippen LogP contribution is 2.17. The number of carbonyl (C=O) groups is 1. The monoisotopic (exact) mass is 283 g/mol. The van der Waals surface area contributed by atoms with E-state index in [-0.39, 0.29) is 18.1 Å². The van der Waals surface area contributed by atoms with Crippen LogP contribution in [0.25, 0.3) is 0 Å². The van der Waals surface area contributed by atoms with Crippen molar-refractivity contribution in [2.24, 2.45) is 0 Å². The SMILES string of the molecule is CCO[C@H]1COC[C@@H]1NC(=O)c1ccc(Cl)c(C)c1. The number of benzene rings is 1. The normalized spacial score (nSPS) is 22.5. The summed E-state index contributed by atoms with van der Waals surface area (Å²) in [5.41, 5.74) is 1.49. The number of rotatable bonds is 4. The Bertz CT molecular complexity index is 464. The van der Waals surface area contributed by atoms with E-state index in [1.807, 2.05) is 13.8 Å². The highest BCUT2D eigenvalue weighted by atomic mass is 35.5. The third-order valence-electron chi connectivity index (χ3n) is 3.15. The van der Waals surface area contributed by atoms with Crippen LogP contribution in [-0.4, -0.2) is 37.9 Å². The molecular weight excluding hydrogens is 266 g/mol. The molecule has 4 nitrogen and oxygen atoms in total. The van der Waals surface area contributed by atoms with Crippen molar-refractivity contribution in [3.63, 3.8) is 0 Å². The molecule has 1 amide bonds. The van der Waals surface area contributed by atoms with Gasteiger partial charge in [0.05, 0.1) is 19.3 Å². The molecule has 5 heteroatoms. The molecule has 0 aromatic heterocycles. The van der Waals surface area contributed by atoms with Crippen LogP contribution in [0.3, 0.4) is 0 Å². The molecule has 1 fully saturated rings. The Morgan fingerprint density at radius 2 is 2.32 bits per heavy atom. The Labute approximate surface area is 118 Å². The highest BCUT2D eigenvalue weighted by molar-refractivity contribution is 6.31. The fourth-order valence-electron chi connectivity index (χ4n) is 2.09. The van der Waals surface area contributed by atoms with Gasteiger partial charge >= 0.3 is 0 Å². The molecule has 0 spiro atoms. The largest absolute Gasteiger partial charge is 0.376 e. The van der Waals surface area contributed by atoms with Gasteiger partial charge in [0.1, 0.15) is 6.10 Å². The van der Waals surface area contributed by atoms with Gasteiger partial charge in [-0.1, -0.05) is 11.6 Å². The lowest BCUT2D eigenvalue weighted by atomic mass is 10.1. The standard InChI is InChI=1S/C14H18ClNO3/c1-3-19-13-8-18-7-12(13)16-14(17)10-4-5-11(15)9(2)6-10/h4-6,12-13H,3,7-8H2,1-2H3,(H,16,17)/t12-,13-/m0/s1. The minimum Gasteiger partial charge on any atom is -0.376 e. The molecule has 104 valence electrons. The molecule has 2 rings (SSSR count). The van der Waals surface area contributed by atoms with E-state index >= 15 is 0 Å². The van der Waals surface area contributed by atoms with E-state index in [1.165, 1.54) is 0 Å². The molecule has 0 saturated carbocycles. The highest BCUT2D eigenvalue weighted by Gasteiger charge is 2.30. The summed E-state index contributed by atoms with van der Waals surface area (Å²) < 4.78 is 10.9. The van der Waals surface area contributed by atoms with Gasteiger partial charge in [-0.15, -0.1) is 0 Å². The zero-order valence-electron chi connectivity index (χ0n) is 11.1. The van der Waals surface area contributed by atoms with Crippen molar-refractivity contribution in [1.29, 1.82) is 0 Å². The van der Waals surface area contributed by atoms with Crippen LogP contribution in [0.4, 0.5) is 0 Å². The van der Waals surface area contributed by atoms with E-state index in [1.54, 1.807) is 18.2 Å². The van der Waals surface area contributed by atoms with Crippen molar-refractivity contribution >= 4 is 17.5 Å². The maximum absolute atomic E-state index is 12.1. The Morgan fingerprint density at radius 3 is 3.00 bits per heavy atom. The molecule has 1 aromatic rings. The van der Waals surface area contributed by atoms with E-state index in [0.29, 0.717) is 30.4 Å². The second-order valence-corrected chi connectivity index (χ2v) is 4.98. The van der Waals surface area contributed by atoms with E-state index in [9.17, 15) is 4.79 Å². The number of hydrogen-bond acceptors (Lipinski definition) is 3. The molecule has 1 aromatic carbocycles. The lowest BCUT2D eigenvalue weighted by molar-refractivity contribution is 0.0402. The van der Waals surface area contributed by atoms with Gasteiger partial charge in [-0.25, -0.2) is 0 Å². The Hall–Kier alpha value is -1.10. The third kappa shape index (κ3) is 3.47. The average molecular weight is 284 g/mol. The van der Waals surface area contributed by atoms with Gasteiger partial charge in [0.15, 0.2) is 0 Å². The van der Waals surface area contributed by atoms with Crippen LogP contribution in [0.5, 0.6) is 0 Å². The van der Waals surface area contributed by atoms with Gasteiger partial charge in [0.2, 0.25) is 0 Å². The van der Waals surface area contributed by atoms with E-state index in [4.69, 9.17) is 21.1 Å². The molecule has 1 aliphatic rings. The fourth-order valence-corrected chi connectivity index (χ4v) is 2.20. The number of hydrogen-bond donors (Lipinski definition) is 1. The first-order valence-electron chi connectivity index (χ1n) is 6.38. The summed E-state index contributed by atoms with van der Waals surface area (Å²) in [5.74, 6) is -0.125. The summed E-state index contributed by atoms with van der Waals surface area (Å²) in [7, 11) is 0. The summed E-state index contributed by atoms with van der Waals surface area (Å²) in [6.07, 6.45) is -0.0673. The van der Waals surface area contributed by atoms with Gasteiger partial charge in [-0.05, 0) is 37.6 Å². The van der Waals surface area contributed by atoms with E-state index in [2.05, 4.69) is 5.32 Å². The number of carbonyl (C=O) groups excluding carboxylic acids is 1. The third-order valence-corrected chi connectivity index (χ3v) is 3.57. The van der Waals surface area contributed by atoms with Crippen LogP contribution in [0, 0.1) is 6.92 Å². The molecule has 0 unspecified atom stereocenters. The van der Waals surface area contributed by atoms with E-state index in [0.717, 1.165) is 5.56 Å². The van der Waals surface area contributed by atoms with Crippen molar-refractivity contribution in [3.05, 3.63) is 34.3 Å². The smallest absolute Gasteiger partial charge is 0.251 e. The molecule has 0 bridgehead atoms. The molecule has 1 aliphatic heterocycles. The number of amides is 1. The van der Waals surface area contributed by atoms with Crippen LogP contribution in [0.15, 0.2) is 18.2 Å². The van der Waals surface area contributed by atoms with Crippen molar-refractivity contribution in [2.75, 3.05) is 19.8 Å². The lowest BCUT2D eigenvalue weighted by Gasteiger charge is -2.19. The Balaban J connectivity index is 2.02. The second-order valence-electron chi connectivity index (χ2n) is 4.58. The molecule has 1 N–H and O–H groups in total. The lowest BCUT2D eigenvalue weighted by Crippen LogP contribution is -2.43. The number of aryl methyl sites for hydroxylation is 1. The summed E-state index contributed by atoms with van der Waals surface area (Å²) in [4.78, 5) is 12.1. The molecule has 19 heavy (non-hydrogen) atoms. The first-order valence-corrected chi connectivity index (χ1v) is 6.76. The Kier molecular flexibility index (Phi) is 4.80. The first-order chi connectivity index (χ1) is 9.11. The zero-order chi connectivity index (χ0) is 13.8. The quantitative estimate of drug-likeness (QED) is 0.921. The van der Waals surface area contributed by atoms with Crippen molar-refractivity contribution in [3.8, 4) is 0 Å². The predicted octanol–water partition coefficient (Wildman–Crippen LogP) is 2.18. The van der Waals surface area contributed by atoms with Gasteiger partial charge in [-0.2, -0.15) is 0 Å². The van der Waals surface area contributed by atoms with Gasteiger partial charge in [0.25, 0.3) is 5.91 Å². The fraction of sp³-hybridized carbons (Fsp3) is 0.500. The van der Waals surface area contributed by atoms with Crippen LogP contribution in [0.1, 0.15) is 22.8 Å². The van der Waals surface area contributed by atoms with Crippen LogP contribution in [-0.2, 0) is 9.47 Å². The minimum absolute atomic E-state index is 0.0673. The van der Waals surface area contributed by atoms with Crippen LogP contribution >= 0.6 is 11.6 Å². The summed E-state index contributed by atoms with van der Waals surface area (Å²) in [6, 6.07) is 5.14. The van der Waals surface area contributed by atoms with Gasteiger partial charge in [0, 0.05) is 17.2 Å². The minimum atomic E-state index is -0.125. The summed E-state index contributed by atoms with van der Waals surface area (Å²) >= 11 is 5.95. The maximum atomic E-state index is 12.1. The van der Waals surface area contributed by atoms with Crippen molar-refractivity contribution in [1.82, 2.24) is 5.32 Å². The van der Waals surface area contributed by atoms with Crippen molar-refractivity contribution in [2.45, 2.75) is 26.0 Å².